The van der Waals surface area contributed by atoms with Gasteiger partial charge in [-0.3, -0.25) is 9.36 Å². The van der Waals surface area contributed by atoms with Crippen LogP contribution in [0.1, 0.15) is 19.8 Å². The summed E-state index contributed by atoms with van der Waals surface area (Å²) >= 11 is 0. The first kappa shape index (κ1) is 14.3. The monoisotopic (exact) mass is 283 g/mol. The molecule has 5 nitrogen and oxygen atoms in total. The second-order valence-electron chi connectivity index (χ2n) is 4.43. The minimum atomic E-state index is -3.28. The summed E-state index contributed by atoms with van der Waals surface area (Å²) in [5.74, 6) is -0.937. The third kappa shape index (κ3) is 2.73. The van der Waals surface area contributed by atoms with Crippen molar-refractivity contribution in [2.45, 2.75) is 25.8 Å². The van der Waals surface area contributed by atoms with Crippen molar-refractivity contribution in [3.05, 3.63) is 30.3 Å². The molecule has 0 amide bonds. The highest BCUT2D eigenvalue weighted by molar-refractivity contribution is 7.64. The minimum absolute atomic E-state index is 0.287. The van der Waals surface area contributed by atoms with Crippen molar-refractivity contribution in [2.75, 3.05) is 13.2 Å². The molecule has 1 aromatic rings. The van der Waals surface area contributed by atoms with Gasteiger partial charge in [0.1, 0.15) is 6.04 Å². The van der Waals surface area contributed by atoms with Crippen LogP contribution in [-0.2, 0) is 13.9 Å². The molecule has 0 spiro atoms. The number of hydrogen-bond acceptors (Lipinski definition) is 3. The van der Waals surface area contributed by atoms with Crippen molar-refractivity contribution < 1.29 is 19.0 Å². The Morgan fingerprint density at radius 3 is 2.74 bits per heavy atom. The number of hydrogen-bond donors (Lipinski definition) is 1. The number of aliphatic carboxylic acids is 1. The topological polar surface area (TPSA) is 66.8 Å². The van der Waals surface area contributed by atoms with Crippen LogP contribution in [0.5, 0.6) is 0 Å². The SMILES string of the molecule is CCOP(=O)(c1ccccc1)N1CCC[C@H]1C(=O)O. The Morgan fingerprint density at radius 1 is 1.47 bits per heavy atom. The fourth-order valence-corrected chi connectivity index (χ4v) is 4.88. The lowest BCUT2D eigenvalue weighted by Gasteiger charge is -2.30. The molecule has 0 radical (unpaired) electrons. The van der Waals surface area contributed by atoms with E-state index in [9.17, 15) is 14.5 Å². The molecule has 104 valence electrons. The van der Waals surface area contributed by atoms with E-state index in [0.717, 1.165) is 6.42 Å². The molecule has 2 rings (SSSR count). The zero-order chi connectivity index (χ0) is 13.9. The summed E-state index contributed by atoms with van der Waals surface area (Å²) in [5.41, 5.74) is 0. The molecular formula is C13H18NO4P. The average Bonchev–Trinajstić information content (AvgIpc) is 2.90. The zero-order valence-electron chi connectivity index (χ0n) is 10.9. The Balaban J connectivity index is 2.39. The van der Waals surface area contributed by atoms with Crippen LogP contribution in [-0.4, -0.2) is 34.9 Å². The van der Waals surface area contributed by atoms with Crippen LogP contribution in [0.3, 0.4) is 0 Å². The molecular weight excluding hydrogens is 265 g/mol. The Kier molecular flexibility index (Phi) is 4.40. The maximum atomic E-state index is 13.2. The van der Waals surface area contributed by atoms with E-state index < -0.39 is 19.5 Å². The van der Waals surface area contributed by atoms with Gasteiger partial charge in [-0.2, -0.15) is 0 Å². The summed E-state index contributed by atoms with van der Waals surface area (Å²) in [6, 6.07) is 8.14. The van der Waals surface area contributed by atoms with Crippen molar-refractivity contribution in [3.63, 3.8) is 0 Å². The van der Waals surface area contributed by atoms with Crippen molar-refractivity contribution in [2.24, 2.45) is 0 Å². The van der Waals surface area contributed by atoms with Gasteiger partial charge in [-0.1, -0.05) is 18.2 Å². The van der Waals surface area contributed by atoms with Gasteiger partial charge in [0.2, 0.25) is 0 Å². The Morgan fingerprint density at radius 2 is 2.16 bits per heavy atom. The zero-order valence-corrected chi connectivity index (χ0v) is 11.8. The lowest BCUT2D eigenvalue weighted by atomic mass is 10.2. The summed E-state index contributed by atoms with van der Waals surface area (Å²) < 4.78 is 20.2. The highest BCUT2D eigenvalue weighted by atomic mass is 31.2. The summed E-state index contributed by atoms with van der Waals surface area (Å²) in [6.07, 6.45) is 1.24. The molecule has 2 atom stereocenters. The first-order valence-corrected chi connectivity index (χ1v) is 7.97. The van der Waals surface area contributed by atoms with E-state index in [1.54, 1.807) is 31.2 Å². The van der Waals surface area contributed by atoms with Crippen LogP contribution in [0.2, 0.25) is 0 Å². The van der Waals surface area contributed by atoms with Crippen molar-refractivity contribution in [1.82, 2.24) is 4.67 Å². The third-order valence-electron chi connectivity index (χ3n) is 3.23. The van der Waals surface area contributed by atoms with Crippen LogP contribution in [0.15, 0.2) is 30.3 Å². The summed E-state index contributed by atoms with van der Waals surface area (Å²) in [6.45, 7) is 2.54. The van der Waals surface area contributed by atoms with Crippen molar-refractivity contribution in [1.29, 1.82) is 0 Å². The Hall–Kier alpha value is -1.16. The highest BCUT2D eigenvalue weighted by Gasteiger charge is 2.44. The second kappa shape index (κ2) is 5.87. The maximum absolute atomic E-state index is 13.2. The first-order valence-electron chi connectivity index (χ1n) is 6.39. The van der Waals surface area contributed by atoms with Gasteiger partial charge < -0.3 is 9.63 Å². The van der Waals surface area contributed by atoms with Gasteiger partial charge in [-0.15, -0.1) is 0 Å². The number of rotatable bonds is 5. The van der Waals surface area contributed by atoms with Crippen LogP contribution >= 0.6 is 7.52 Å². The lowest BCUT2D eigenvalue weighted by Crippen LogP contribution is -2.37. The molecule has 1 heterocycles. The fraction of sp³-hybridized carbons (Fsp3) is 0.462. The molecule has 0 saturated carbocycles. The number of carbonyl (C=O) groups is 1. The van der Waals surface area contributed by atoms with E-state index in [1.807, 2.05) is 6.07 Å². The second-order valence-corrected chi connectivity index (χ2v) is 6.76. The average molecular weight is 283 g/mol. The van der Waals surface area contributed by atoms with Crippen molar-refractivity contribution >= 4 is 18.8 Å². The summed E-state index contributed by atoms with van der Waals surface area (Å²) in [4.78, 5) is 11.3. The van der Waals surface area contributed by atoms with E-state index in [-0.39, 0.29) is 6.61 Å². The van der Waals surface area contributed by atoms with Crippen molar-refractivity contribution in [3.8, 4) is 0 Å². The van der Waals surface area contributed by atoms with Gasteiger partial charge in [-0.25, -0.2) is 4.67 Å². The van der Waals surface area contributed by atoms with Crippen LogP contribution in [0, 0.1) is 0 Å². The van der Waals surface area contributed by atoms with Crippen LogP contribution < -0.4 is 5.30 Å². The molecule has 0 aromatic heterocycles. The minimum Gasteiger partial charge on any atom is -0.480 e. The normalized spacial score (nSPS) is 23.1. The highest BCUT2D eigenvalue weighted by Crippen LogP contribution is 2.53. The Labute approximate surface area is 112 Å². The molecule has 1 saturated heterocycles. The Bertz CT molecular complexity index is 491. The molecule has 1 aliphatic rings. The maximum Gasteiger partial charge on any atom is 0.321 e. The predicted octanol–water partition coefficient (Wildman–Crippen LogP) is 2.09. The summed E-state index contributed by atoms with van der Waals surface area (Å²) in [5, 5.41) is 9.80. The van der Waals surface area contributed by atoms with Gasteiger partial charge in [0.25, 0.3) is 0 Å². The molecule has 1 aromatic carbocycles. The molecule has 1 unspecified atom stereocenters. The molecule has 0 aliphatic carbocycles. The fourth-order valence-electron chi connectivity index (χ4n) is 2.41. The van der Waals surface area contributed by atoms with E-state index in [4.69, 9.17) is 4.52 Å². The lowest BCUT2D eigenvalue weighted by molar-refractivity contribution is -0.140. The standard InChI is InChI=1S/C13H18NO4P/c1-2-18-19(17,11-7-4-3-5-8-11)14-10-6-9-12(14)13(15)16/h3-5,7-8,12H,2,6,9-10H2,1H3,(H,15,16)/t12-,19?/m0/s1. The van der Waals surface area contributed by atoms with Crippen LogP contribution in [0.25, 0.3) is 0 Å². The third-order valence-corrected chi connectivity index (χ3v) is 5.95. The van der Waals surface area contributed by atoms with Gasteiger partial charge >= 0.3 is 13.5 Å². The van der Waals surface area contributed by atoms with Crippen LogP contribution in [0.4, 0.5) is 0 Å². The van der Waals surface area contributed by atoms with Gasteiger partial charge in [-0.05, 0) is 31.9 Å². The molecule has 1 fully saturated rings. The first-order chi connectivity index (χ1) is 9.09. The largest absolute Gasteiger partial charge is 0.480 e. The molecule has 1 aliphatic heterocycles. The number of nitrogens with zero attached hydrogens (tertiary/aromatic N) is 1. The summed E-state index contributed by atoms with van der Waals surface area (Å²) in [7, 11) is -3.28. The van der Waals surface area contributed by atoms with Gasteiger partial charge in [0, 0.05) is 6.54 Å². The molecule has 19 heavy (non-hydrogen) atoms. The van der Waals surface area contributed by atoms with E-state index >= 15 is 0 Å². The number of carboxylic acids is 1. The molecule has 0 bridgehead atoms. The molecule has 1 N–H and O–H groups in total. The van der Waals surface area contributed by atoms with E-state index in [2.05, 4.69) is 0 Å². The smallest absolute Gasteiger partial charge is 0.321 e. The van der Waals surface area contributed by atoms with E-state index in [0.29, 0.717) is 18.3 Å². The number of carboxylic acid groups (broad SMARTS) is 1. The predicted molar refractivity (Wildman–Crippen MR) is 72.7 cm³/mol. The van der Waals surface area contributed by atoms with E-state index in [1.165, 1.54) is 4.67 Å². The quantitative estimate of drug-likeness (QED) is 0.838. The number of benzene rings is 1. The van der Waals surface area contributed by atoms with Gasteiger partial charge in [0.05, 0.1) is 11.9 Å². The van der Waals surface area contributed by atoms with Gasteiger partial charge in [0.15, 0.2) is 0 Å². The molecule has 6 heteroatoms.